The van der Waals surface area contributed by atoms with E-state index >= 15 is 0 Å². The van der Waals surface area contributed by atoms with Crippen LogP contribution in [0.2, 0.25) is 0 Å². The van der Waals surface area contributed by atoms with Crippen LogP contribution in [-0.2, 0) is 0 Å². The molecule has 1 aliphatic heterocycles. The van der Waals surface area contributed by atoms with E-state index in [9.17, 15) is 0 Å². The minimum Gasteiger partial charge on any atom is -0.477 e. The first-order chi connectivity index (χ1) is 11.8. The molecule has 1 aliphatic rings. The Kier molecular flexibility index (Phi) is 3.98. The molecule has 3 aromatic heterocycles. The summed E-state index contributed by atoms with van der Waals surface area (Å²) in [4.78, 5) is 6.69. The van der Waals surface area contributed by atoms with Gasteiger partial charge in [-0.3, -0.25) is 0 Å². The maximum Gasteiger partial charge on any atom is 0.213 e. The van der Waals surface area contributed by atoms with Crippen LogP contribution in [0.1, 0.15) is 18.5 Å². The highest BCUT2D eigenvalue weighted by molar-refractivity contribution is 5.45. The number of hydrogen-bond donors (Lipinski definition) is 0. The molecule has 1 fully saturated rings. The van der Waals surface area contributed by atoms with Gasteiger partial charge in [-0.2, -0.15) is 4.52 Å². The molecule has 0 unspecified atom stereocenters. The topological polar surface area (TPSA) is 68.4 Å². The Morgan fingerprint density at radius 2 is 2.04 bits per heavy atom. The van der Waals surface area contributed by atoms with Gasteiger partial charge in [0.25, 0.3) is 0 Å². The zero-order chi connectivity index (χ0) is 16.4. The highest BCUT2D eigenvalue weighted by atomic mass is 16.5. The molecule has 7 nitrogen and oxygen atoms in total. The molecule has 0 spiro atoms. The Bertz CT molecular complexity index is 825. The number of nitrogens with zero attached hydrogens (tertiary/aromatic N) is 6. The van der Waals surface area contributed by atoms with Crippen molar-refractivity contribution in [2.45, 2.75) is 19.8 Å². The lowest BCUT2D eigenvalue weighted by molar-refractivity contribution is 0.215. The molecule has 4 heterocycles. The Morgan fingerprint density at radius 3 is 2.88 bits per heavy atom. The third-order valence-corrected chi connectivity index (χ3v) is 4.42. The van der Waals surface area contributed by atoms with Crippen LogP contribution in [0, 0.1) is 12.8 Å². The zero-order valence-electron chi connectivity index (χ0n) is 13.7. The maximum atomic E-state index is 5.85. The first-order valence-corrected chi connectivity index (χ1v) is 8.26. The van der Waals surface area contributed by atoms with E-state index in [0.29, 0.717) is 5.92 Å². The fraction of sp³-hybridized carbons (Fsp3) is 0.412. The van der Waals surface area contributed by atoms with Gasteiger partial charge in [0.05, 0.1) is 6.61 Å². The molecule has 0 saturated carbocycles. The molecular formula is C17H20N6O. The van der Waals surface area contributed by atoms with Gasteiger partial charge >= 0.3 is 0 Å². The van der Waals surface area contributed by atoms with Crippen molar-refractivity contribution < 1.29 is 4.74 Å². The van der Waals surface area contributed by atoms with Crippen LogP contribution in [0.3, 0.4) is 0 Å². The van der Waals surface area contributed by atoms with Crippen LogP contribution >= 0.6 is 0 Å². The smallest absolute Gasteiger partial charge is 0.213 e. The summed E-state index contributed by atoms with van der Waals surface area (Å²) < 4.78 is 7.56. The molecule has 0 N–H and O–H groups in total. The number of aryl methyl sites for hydroxylation is 1. The standard InChI is InChI=1S/C17H20N6O/c1-13-3-2-4-17(19-13)24-11-14-7-9-22(10-8-14)16-6-5-15-20-18-12-23(15)21-16/h2-6,12,14H,7-11H2,1H3. The first-order valence-electron chi connectivity index (χ1n) is 8.26. The number of hydrogen-bond acceptors (Lipinski definition) is 6. The van der Waals surface area contributed by atoms with E-state index in [1.165, 1.54) is 0 Å². The average Bonchev–Trinajstić information content (AvgIpc) is 3.08. The normalized spacial score (nSPS) is 15.8. The number of pyridine rings is 1. The SMILES string of the molecule is Cc1cccc(OCC2CCN(c3ccc4nncn4n3)CC2)n1. The lowest BCUT2D eigenvalue weighted by Crippen LogP contribution is -2.36. The molecule has 7 heteroatoms. The van der Waals surface area contributed by atoms with Gasteiger partial charge in [0.1, 0.15) is 12.1 Å². The van der Waals surface area contributed by atoms with E-state index in [0.717, 1.165) is 55.6 Å². The Balaban J connectivity index is 1.33. The van der Waals surface area contributed by atoms with Crippen LogP contribution in [0.5, 0.6) is 5.88 Å². The highest BCUT2D eigenvalue weighted by Crippen LogP contribution is 2.22. The van der Waals surface area contributed by atoms with Crippen molar-refractivity contribution in [1.82, 2.24) is 24.8 Å². The Hall–Kier alpha value is -2.70. The van der Waals surface area contributed by atoms with Crippen LogP contribution in [0.25, 0.3) is 5.65 Å². The number of fused-ring (bicyclic) bond motifs is 1. The summed E-state index contributed by atoms with van der Waals surface area (Å²) in [5, 5.41) is 12.4. The molecule has 0 radical (unpaired) electrons. The van der Waals surface area contributed by atoms with Crippen molar-refractivity contribution in [3.63, 3.8) is 0 Å². The molecule has 0 atom stereocenters. The van der Waals surface area contributed by atoms with E-state index in [4.69, 9.17) is 4.74 Å². The van der Waals surface area contributed by atoms with Gasteiger partial charge in [0, 0.05) is 24.8 Å². The fourth-order valence-electron chi connectivity index (χ4n) is 3.02. The van der Waals surface area contributed by atoms with E-state index in [2.05, 4.69) is 25.2 Å². The number of ether oxygens (including phenoxy) is 1. The van der Waals surface area contributed by atoms with Crippen molar-refractivity contribution in [1.29, 1.82) is 0 Å². The monoisotopic (exact) mass is 324 g/mol. The van der Waals surface area contributed by atoms with Gasteiger partial charge in [0.2, 0.25) is 5.88 Å². The number of rotatable bonds is 4. The number of anilines is 1. The van der Waals surface area contributed by atoms with Gasteiger partial charge in [-0.1, -0.05) is 6.07 Å². The second-order valence-electron chi connectivity index (χ2n) is 6.18. The number of piperidine rings is 1. The van der Waals surface area contributed by atoms with Gasteiger partial charge < -0.3 is 9.64 Å². The Morgan fingerprint density at radius 1 is 1.17 bits per heavy atom. The second kappa shape index (κ2) is 6.43. The largest absolute Gasteiger partial charge is 0.477 e. The minimum absolute atomic E-state index is 0.558. The summed E-state index contributed by atoms with van der Waals surface area (Å²) in [6, 6.07) is 9.84. The van der Waals surface area contributed by atoms with E-state index in [-0.39, 0.29) is 0 Å². The van der Waals surface area contributed by atoms with Crippen LogP contribution in [-0.4, -0.2) is 44.5 Å². The molecule has 24 heavy (non-hydrogen) atoms. The average molecular weight is 324 g/mol. The predicted octanol–water partition coefficient (Wildman–Crippen LogP) is 2.12. The highest BCUT2D eigenvalue weighted by Gasteiger charge is 2.21. The summed E-state index contributed by atoms with van der Waals surface area (Å²) in [6.07, 6.45) is 3.82. The summed E-state index contributed by atoms with van der Waals surface area (Å²) in [7, 11) is 0. The van der Waals surface area contributed by atoms with Crippen molar-refractivity contribution in [2.24, 2.45) is 5.92 Å². The maximum absolute atomic E-state index is 5.85. The molecule has 0 bridgehead atoms. The van der Waals surface area contributed by atoms with Gasteiger partial charge in [-0.05, 0) is 43.9 Å². The fourth-order valence-corrected chi connectivity index (χ4v) is 3.02. The molecule has 0 aromatic carbocycles. The summed E-state index contributed by atoms with van der Waals surface area (Å²) in [5.41, 5.74) is 1.76. The summed E-state index contributed by atoms with van der Waals surface area (Å²) in [5.74, 6) is 2.25. The summed E-state index contributed by atoms with van der Waals surface area (Å²) in [6.45, 7) is 4.67. The van der Waals surface area contributed by atoms with E-state index in [1.54, 1.807) is 10.8 Å². The predicted molar refractivity (Wildman–Crippen MR) is 90.2 cm³/mol. The van der Waals surface area contributed by atoms with Crippen molar-refractivity contribution in [2.75, 3.05) is 24.6 Å². The molecule has 1 saturated heterocycles. The van der Waals surface area contributed by atoms with Crippen LogP contribution in [0.4, 0.5) is 5.82 Å². The minimum atomic E-state index is 0.558. The van der Waals surface area contributed by atoms with Crippen LogP contribution < -0.4 is 9.64 Å². The second-order valence-corrected chi connectivity index (χ2v) is 6.18. The van der Waals surface area contributed by atoms with E-state index in [1.807, 2.05) is 37.3 Å². The lowest BCUT2D eigenvalue weighted by atomic mass is 9.98. The van der Waals surface area contributed by atoms with Crippen LogP contribution in [0.15, 0.2) is 36.7 Å². The molecular weight excluding hydrogens is 304 g/mol. The van der Waals surface area contributed by atoms with Gasteiger partial charge in [-0.25, -0.2) is 4.98 Å². The van der Waals surface area contributed by atoms with Gasteiger partial charge in [-0.15, -0.1) is 15.3 Å². The van der Waals surface area contributed by atoms with Gasteiger partial charge in [0.15, 0.2) is 5.65 Å². The third kappa shape index (κ3) is 3.15. The zero-order valence-corrected chi connectivity index (χ0v) is 13.7. The summed E-state index contributed by atoms with van der Waals surface area (Å²) >= 11 is 0. The molecule has 0 amide bonds. The molecule has 4 rings (SSSR count). The molecule has 0 aliphatic carbocycles. The molecule has 124 valence electrons. The van der Waals surface area contributed by atoms with Crippen molar-refractivity contribution >= 4 is 11.5 Å². The Labute approximate surface area is 140 Å². The lowest BCUT2D eigenvalue weighted by Gasteiger charge is -2.32. The molecule has 3 aromatic rings. The number of aromatic nitrogens is 5. The van der Waals surface area contributed by atoms with E-state index < -0.39 is 0 Å². The van der Waals surface area contributed by atoms with Crippen molar-refractivity contribution in [3.8, 4) is 5.88 Å². The first kappa shape index (κ1) is 14.9. The van der Waals surface area contributed by atoms with Crippen molar-refractivity contribution in [3.05, 3.63) is 42.4 Å². The third-order valence-electron chi connectivity index (χ3n) is 4.42. The quantitative estimate of drug-likeness (QED) is 0.732.